The summed E-state index contributed by atoms with van der Waals surface area (Å²) in [6.45, 7) is 6.45. The summed E-state index contributed by atoms with van der Waals surface area (Å²) in [5.41, 5.74) is 2.76. The number of hydrogen-bond donors (Lipinski definition) is 3. The number of aliphatic imine (C=N–C) groups is 1. The zero-order chi connectivity index (χ0) is 18.2. The minimum atomic E-state index is -0.251. The second-order valence-corrected chi connectivity index (χ2v) is 6.12. The van der Waals surface area contributed by atoms with Gasteiger partial charge in [-0.1, -0.05) is 38.1 Å². The number of carbonyl (C=O) groups excluding carboxylic acids is 1. The van der Waals surface area contributed by atoms with Crippen LogP contribution in [0.15, 0.2) is 52.4 Å². The molecule has 25 heavy (non-hydrogen) atoms. The Hall–Kier alpha value is -2.47. The van der Waals surface area contributed by atoms with Gasteiger partial charge in [0.2, 0.25) is 5.84 Å². The normalized spacial score (nSPS) is 12.0. The number of amidine groups is 1. The highest BCUT2D eigenvalue weighted by Gasteiger charge is 2.18. The lowest BCUT2D eigenvalue weighted by Gasteiger charge is -2.16. The zero-order valence-electron chi connectivity index (χ0n) is 14.7. The van der Waals surface area contributed by atoms with Gasteiger partial charge in [-0.05, 0) is 54.6 Å². The number of rotatable bonds is 4. The molecule has 2 aromatic carbocycles. The number of fused-ring (bicyclic) bond motifs is 1. The summed E-state index contributed by atoms with van der Waals surface area (Å²) in [5.74, 6) is 0.289. The molecule has 0 saturated carbocycles. The second-order valence-electron chi connectivity index (χ2n) is 5.27. The Kier molecular flexibility index (Phi) is 6.89. The molecule has 6 heteroatoms. The number of phenols is 1. The number of phenolic OH excluding ortho intramolecular Hbond substituents is 1. The van der Waals surface area contributed by atoms with E-state index in [1.54, 1.807) is 12.1 Å². The average molecular weight is 357 g/mol. The predicted octanol–water partition coefficient (Wildman–Crippen LogP) is 3.73. The lowest BCUT2D eigenvalue weighted by molar-refractivity contribution is -0.114. The summed E-state index contributed by atoms with van der Waals surface area (Å²) in [5, 5.41) is 12.5. The van der Waals surface area contributed by atoms with Crippen molar-refractivity contribution in [2.24, 2.45) is 4.99 Å². The summed E-state index contributed by atoms with van der Waals surface area (Å²) < 4.78 is 2.97. The Labute approximate surface area is 152 Å². The third-order valence-electron chi connectivity index (χ3n) is 3.49. The number of aryl methyl sites for hydroxylation is 1. The van der Waals surface area contributed by atoms with E-state index in [1.807, 2.05) is 51.1 Å². The van der Waals surface area contributed by atoms with E-state index in [0.717, 1.165) is 21.7 Å². The topological polar surface area (TPSA) is 73.7 Å². The van der Waals surface area contributed by atoms with Crippen molar-refractivity contribution in [3.05, 3.63) is 53.6 Å². The molecule has 132 valence electrons. The van der Waals surface area contributed by atoms with Crippen molar-refractivity contribution in [1.29, 1.82) is 0 Å². The van der Waals surface area contributed by atoms with Gasteiger partial charge in [0.25, 0.3) is 5.91 Å². The molecule has 0 aromatic heterocycles. The van der Waals surface area contributed by atoms with Gasteiger partial charge in [-0.15, -0.1) is 0 Å². The van der Waals surface area contributed by atoms with Crippen molar-refractivity contribution < 1.29 is 9.90 Å². The largest absolute Gasteiger partial charge is 0.508 e. The molecule has 3 rings (SSSR count). The molecule has 0 fully saturated rings. The van der Waals surface area contributed by atoms with E-state index in [-0.39, 0.29) is 11.7 Å². The smallest absolute Gasteiger partial charge is 0.287 e. The van der Waals surface area contributed by atoms with E-state index in [2.05, 4.69) is 15.0 Å². The van der Waals surface area contributed by atoms with Crippen LogP contribution in [0.1, 0.15) is 25.0 Å². The maximum absolute atomic E-state index is 12.2. The monoisotopic (exact) mass is 357 g/mol. The Bertz CT molecular complexity index is 775. The van der Waals surface area contributed by atoms with E-state index >= 15 is 0 Å². The molecule has 0 spiro atoms. The lowest BCUT2D eigenvalue weighted by Crippen LogP contribution is -2.39. The average Bonchev–Trinajstić information content (AvgIpc) is 2.64. The Morgan fingerprint density at radius 3 is 2.76 bits per heavy atom. The van der Waals surface area contributed by atoms with Gasteiger partial charge in [0.15, 0.2) is 0 Å². The SMILES string of the molecule is CC.Cc1ccc2c(c1)SNC(C(=O)NCCc1ccccc1O)=N2. The van der Waals surface area contributed by atoms with Crippen LogP contribution in [-0.4, -0.2) is 23.4 Å². The highest BCUT2D eigenvalue weighted by molar-refractivity contribution is 7.98. The number of aromatic hydroxyl groups is 1. The van der Waals surface area contributed by atoms with Crippen molar-refractivity contribution >= 4 is 29.4 Å². The Morgan fingerprint density at radius 1 is 1.24 bits per heavy atom. The third-order valence-corrected chi connectivity index (χ3v) is 4.33. The standard InChI is InChI=1S/C17H17N3O2S.C2H6/c1-11-6-7-13-15(10-11)23-20-16(19-13)17(22)18-9-8-12-4-2-3-5-14(12)21;1-2/h2-7,10,21H,8-9H2,1H3,(H,18,22)(H,19,20);1-2H3. The second kappa shape index (κ2) is 9.13. The predicted molar refractivity (Wildman–Crippen MR) is 103 cm³/mol. The third kappa shape index (κ3) is 5.00. The van der Waals surface area contributed by atoms with Gasteiger partial charge < -0.3 is 15.1 Å². The molecule has 3 N–H and O–H groups in total. The van der Waals surface area contributed by atoms with Gasteiger partial charge >= 0.3 is 0 Å². The van der Waals surface area contributed by atoms with E-state index in [1.165, 1.54) is 11.9 Å². The lowest BCUT2D eigenvalue weighted by atomic mass is 10.1. The van der Waals surface area contributed by atoms with Crippen LogP contribution in [0.3, 0.4) is 0 Å². The summed E-state index contributed by atoms with van der Waals surface area (Å²) in [4.78, 5) is 17.5. The highest BCUT2D eigenvalue weighted by atomic mass is 32.2. The van der Waals surface area contributed by atoms with E-state index in [9.17, 15) is 9.90 Å². The minimum absolute atomic E-state index is 0.245. The first kappa shape index (κ1) is 18.9. The van der Waals surface area contributed by atoms with Crippen molar-refractivity contribution in [2.45, 2.75) is 32.1 Å². The number of benzene rings is 2. The fraction of sp³-hybridized carbons (Fsp3) is 0.263. The van der Waals surface area contributed by atoms with Crippen molar-refractivity contribution in [3.8, 4) is 5.75 Å². The number of amides is 1. The van der Waals surface area contributed by atoms with Gasteiger partial charge in [-0.3, -0.25) is 4.79 Å². The van der Waals surface area contributed by atoms with Crippen molar-refractivity contribution in [3.63, 3.8) is 0 Å². The summed E-state index contributed by atoms with van der Waals surface area (Å²) >= 11 is 1.39. The van der Waals surface area contributed by atoms with Crippen LogP contribution in [-0.2, 0) is 11.2 Å². The zero-order valence-corrected chi connectivity index (χ0v) is 15.5. The van der Waals surface area contributed by atoms with Gasteiger partial charge in [0.05, 0.1) is 10.6 Å². The molecular formula is C19H23N3O2S. The van der Waals surface area contributed by atoms with Crippen LogP contribution in [0.25, 0.3) is 0 Å². The number of nitrogens with zero attached hydrogens (tertiary/aromatic N) is 1. The van der Waals surface area contributed by atoms with Crippen LogP contribution >= 0.6 is 11.9 Å². The van der Waals surface area contributed by atoms with Gasteiger partial charge in [-0.2, -0.15) is 0 Å². The van der Waals surface area contributed by atoms with Crippen LogP contribution < -0.4 is 10.0 Å². The van der Waals surface area contributed by atoms with E-state index in [4.69, 9.17) is 0 Å². The van der Waals surface area contributed by atoms with Crippen LogP contribution in [0, 0.1) is 6.92 Å². The molecular weight excluding hydrogens is 334 g/mol. The number of hydrogen-bond acceptors (Lipinski definition) is 5. The number of para-hydroxylation sites is 1. The van der Waals surface area contributed by atoms with Crippen molar-refractivity contribution in [2.75, 3.05) is 6.54 Å². The summed E-state index contributed by atoms with van der Waals surface area (Å²) in [6, 6.07) is 13.0. The quantitative estimate of drug-likeness (QED) is 0.729. The molecule has 1 aliphatic rings. The molecule has 5 nitrogen and oxygen atoms in total. The maximum Gasteiger partial charge on any atom is 0.287 e. The van der Waals surface area contributed by atoms with E-state index in [0.29, 0.717) is 18.8 Å². The highest BCUT2D eigenvalue weighted by Crippen LogP contribution is 2.31. The van der Waals surface area contributed by atoms with Gasteiger partial charge in [0.1, 0.15) is 5.75 Å². The van der Waals surface area contributed by atoms with Gasteiger partial charge in [0, 0.05) is 6.54 Å². The molecule has 0 aliphatic carbocycles. The molecule has 1 aliphatic heterocycles. The molecule has 0 atom stereocenters. The molecule has 0 unspecified atom stereocenters. The molecule has 1 heterocycles. The van der Waals surface area contributed by atoms with Crippen molar-refractivity contribution in [1.82, 2.24) is 10.0 Å². The molecule has 0 radical (unpaired) electrons. The summed E-state index contributed by atoms with van der Waals surface area (Å²) in [6.07, 6.45) is 0.564. The first-order valence-electron chi connectivity index (χ1n) is 8.31. The first-order valence-corrected chi connectivity index (χ1v) is 9.12. The fourth-order valence-corrected chi connectivity index (χ4v) is 3.06. The molecule has 1 amide bonds. The molecule has 2 aromatic rings. The molecule has 0 saturated heterocycles. The van der Waals surface area contributed by atoms with Crippen LogP contribution in [0.4, 0.5) is 5.69 Å². The maximum atomic E-state index is 12.2. The van der Waals surface area contributed by atoms with Crippen LogP contribution in [0.5, 0.6) is 5.75 Å². The van der Waals surface area contributed by atoms with Gasteiger partial charge in [-0.25, -0.2) is 4.99 Å². The summed E-state index contributed by atoms with van der Waals surface area (Å²) in [7, 11) is 0. The number of carbonyl (C=O) groups is 1. The molecule has 0 bridgehead atoms. The minimum Gasteiger partial charge on any atom is -0.508 e. The van der Waals surface area contributed by atoms with Crippen LogP contribution in [0.2, 0.25) is 0 Å². The number of nitrogens with one attached hydrogen (secondary N) is 2. The fourth-order valence-electron chi connectivity index (χ4n) is 2.26. The Balaban J connectivity index is 0.00000109. The van der Waals surface area contributed by atoms with E-state index < -0.39 is 0 Å². The Morgan fingerprint density at radius 2 is 2.00 bits per heavy atom. The first-order chi connectivity index (χ1) is 12.1.